The molecule has 2 fully saturated rings. The fourth-order valence-electron chi connectivity index (χ4n) is 2.71. The van der Waals surface area contributed by atoms with Crippen LogP contribution in [-0.2, 0) is 16.0 Å². The minimum absolute atomic E-state index is 0.0462. The number of piperidine rings is 1. The lowest BCUT2D eigenvalue weighted by atomic mass is 9.96. The van der Waals surface area contributed by atoms with Gasteiger partial charge in [0.2, 0.25) is 11.8 Å². The highest BCUT2D eigenvalue weighted by molar-refractivity contribution is 5.84. The lowest BCUT2D eigenvalue weighted by Crippen LogP contribution is -2.46. The Morgan fingerprint density at radius 1 is 1.45 bits per heavy atom. The third-order valence-electron chi connectivity index (χ3n) is 4.05. The highest BCUT2D eigenvalue weighted by atomic mass is 16.2. The first-order chi connectivity index (χ1) is 9.74. The minimum Gasteiger partial charge on any atom is -0.355 e. The van der Waals surface area contributed by atoms with Gasteiger partial charge in [0.15, 0.2) is 0 Å². The summed E-state index contributed by atoms with van der Waals surface area (Å²) in [5, 5.41) is 2.96. The molecule has 3 rings (SSSR count). The van der Waals surface area contributed by atoms with Crippen molar-refractivity contribution in [1.82, 2.24) is 20.2 Å². The van der Waals surface area contributed by atoms with Crippen LogP contribution < -0.4 is 5.32 Å². The molecule has 2 aliphatic rings. The standard InChI is InChI=1S/C14H20N4O2/c19-13-4-1-10(8-18(13)12-2-3-12)14(20)16-6-5-11-7-15-9-17-11/h7,9-10,12H,1-6,8H2,(H,15,17)(H,16,20). The second-order valence-electron chi connectivity index (χ2n) is 5.63. The van der Waals surface area contributed by atoms with Gasteiger partial charge in [-0.25, -0.2) is 4.98 Å². The molecule has 2 N–H and O–H groups in total. The van der Waals surface area contributed by atoms with Crippen molar-refractivity contribution >= 4 is 11.8 Å². The van der Waals surface area contributed by atoms with E-state index in [9.17, 15) is 9.59 Å². The summed E-state index contributed by atoms with van der Waals surface area (Å²) in [6, 6.07) is 0.406. The molecule has 2 amide bonds. The fraction of sp³-hybridized carbons (Fsp3) is 0.643. The summed E-state index contributed by atoms with van der Waals surface area (Å²) in [7, 11) is 0. The number of hydrogen-bond acceptors (Lipinski definition) is 3. The maximum absolute atomic E-state index is 12.1. The van der Waals surface area contributed by atoms with Gasteiger partial charge < -0.3 is 15.2 Å². The SMILES string of the molecule is O=C(NCCc1cnc[nH]1)C1CCC(=O)N(C2CC2)C1. The molecule has 1 aliphatic heterocycles. The zero-order valence-electron chi connectivity index (χ0n) is 11.5. The topological polar surface area (TPSA) is 78.1 Å². The first kappa shape index (κ1) is 13.1. The van der Waals surface area contributed by atoms with Gasteiger partial charge >= 0.3 is 0 Å². The number of aromatic nitrogens is 2. The van der Waals surface area contributed by atoms with Crippen LogP contribution >= 0.6 is 0 Å². The van der Waals surface area contributed by atoms with Crippen LogP contribution in [0, 0.1) is 5.92 Å². The molecule has 1 aromatic heterocycles. The van der Waals surface area contributed by atoms with Crippen LogP contribution in [0.1, 0.15) is 31.4 Å². The van der Waals surface area contributed by atoms with Crippen LogP contribution in [0.3, 0.4) is 0 Å². The van der Waals surface area contributed by atoms with E-state index in [-0.39, 0.29) is 17.7 Å². The molecule has 0 spiro atoms. The summed E-state index contributed by atoms with van der Waals surface area (Å²) in [6.07, 6.45) is 7.54. The van der Waals surface area contributed by atoms with Crippen molar-refractivity contribution in [3.05, 3.63) is 18.2 Å². The Hall–Kier alpha value is -1.85. The Labute approximate surface area is 117 Å². The average Bonchev–Trinajstić information content (AvgIpc) is 3.16. The molecule has 1 aliphatic carbocycles. The highest BCUT2D eigenvalue weighted by Gasteiger charge is 2.38. The molecule has 1 atom stereocenters. The molecule has 108 valence electrons. The van der Waals surface area contributed by atoms with E-state index < -0.39 is 0 Å². The maximum atomic E-state index is 12.1. The molecule has 0 bridgehead atoms. The van der Waals surface area contributed by atoms with E-state index in [0.717, 1.165) is 25.0 Å². The number of hydrogen-bond donors (Lipinski definition) is 2. The molecule has 6 heteroatoms. The van der Waals surface area contributed by atoms with Gasteiger partial charge in [0.25, 0.3) is 0 Å². The van der Waals surface area contributed by atoms with E-state index in [0.29, 0.717) is 32.0 Å². The molecule has 0 radical (unpaired) electrons. The van der Waals surface area contributed by atoms with Gasteiger partial charge in [-0.05, 0) is 19.3 Å². The van der Waals surface area contributed by atoms with E-state index in [2.05, 4.69) is 15.3 Å². The molecule has 2 heterocycles. The van der Waals surface area contributed by atoms with Gasteiger partial charge in [-0.2, -0.15) is 0 Å². The Kier molecular flexibility index (Phi) is 3.71. The van der Waals surface area contributed by atoms with Gasteiger partial charge in [0, 0.05) is 43.9 Å². The number of carbonyl (C=O) groups excluding carboxylic acids is 2. The van der Waals surface area contributed by atoms with Crippen LogP contribution in [0.25, 0.3) is 0 Å². The van der Waals surface area contributed by atoms with Crippen molar-refractivity contribution in [2.75, 3.05) is 13.1 Å². The Morgan fingerprint density at radius 2 is 2.30 bits per heavy atom. The fourth-order valence-corrected chi connectivity index (χ4v) is 2.71. The van der Waals surface area contributed by atoms with Crippen molar-refractivity contribution in [2.24, 2.45) is 5.92 Å². The van der Waals surface area contributed by atoms with Gasteiger partial charge in [-0.1, -0.05) is 0 Å². The zero-order chi connectivity index (χ0) is 13.9. The Balaban J connectivity index is 1.45. The predicted octanol–water partition coefficient (Wildman–Crippen LogP) is 0.469. The maximum Gasteiger partial charge on any atom is 0.224 e. The molecule has 6 nitrogen and oxygen atoms in total. The van der Waals surface area contributed by atoms with Crippen molar-refractivity contribution in [1.29, 1.82) is 0 Å². The summed E-state index contributed by atoms with van der Waals surface area (Å²) in [5.41, 5.74) is 1.02. The largest absolute Gasteiger partial charge is 0.355 e. The molecule has 0 aromatic carbocycles. The summed E-state index contributed by atoms with van der Waals surface area (Å²) < 4.78 is 0. The zero-order valence-corrected chi connectivity index (χ0v) is 11.5. The summed E-state index contributed by atoms with van der Waals surface area (Å²) in [5.74, 6) is 0.242. The number of rotatable bonds is 5. The number of amides is 2. The highest BCUT2D eigenvalue weighted by Crippen LogP contribution is 2.31. The van der Waals surface area contributed by atoms with Gasteiger partial charge in [-0.3, -0.25) is 9.59 Å². The first-order valence-corrected chi connectivity index (χ1v) is 7.28. The van der Waals surface area contributed by atoms with E-state index in [4.69, 9.17) is 0 Å². The first-order valence-electron chi connectivity index (χ1n) is 7.28. The molecular formula is C14H20N4O2. The second kappa shape index (κ2) is 5.64. The summed E-state index contributed by atoms with van der Waals surface area (Å²) >= 11 is 0. The second-order valence-corrected chi connectivity index (χ2v) is 5.63. The van der Waals surface area contributed by atoms with Crippen molar-refractivity contribution < 1.29 is 9.59 Å². The number of aromatic amines is 1. The molecule has 1 saturated heterocycles. The number of carbonyl (C=O) groups is 2. The smallest absolute Gasteiger partial charge is 0.224 e. The van der Waals surface area contributed by atoms with E-state index in [1.165, 1.54) is 0 Å². The lowest BCUT2D eigenvalue weighted by Gasteiger charge is -2.32. The minimum atomic E-state index is -0.0462. The monoisotopic (exact) mass is 276 g/mol. The number of nitrogens with zero attached hydrogens (tertiary/aromatic N) is 2. The molecule has 1 saturated carbocycles. The number of imidazole rings is 1. The van der Waals surface area contributed by atoms with E-state index in [1.54, 1.807) is 12.5 Å². The van der Waals surface area contributed by atoms with Crippen LogP contribution in [0.2, 0.25) is 0 Å². The Morgan fingerprint density at radius 3 is 3.00 bits per heavy atom. The van der Waals surface area contributed by atoms with Crippen LogP contribution in [0.5, 0.6) is 0 Å². The van der Waals surface area contributed by atoms with Crippen molar-refractivity contribution in [3.63, 3.8) is 0 Å². The molecular weight excluding hydrogens is 256 g/mol. The van der Waals surface area contributed by atoms with E-state index >= 15 is 0 Å². The normalized spacial score (nSPS) is 22.9. The third kappa shape index (κ3) is 3.00. The van der Waals surface area contributed by atoms with Crippen molar-refractivity contribution in [2.45, 2.75) is 38.1 Å². The van der Waals surface area contributed by atoms with E-state index in [1.807, 2.05) is 4.90 Å². The van der Waals surface area contributed by atoms with Crippen LogP contribution in [0.4, 0.5) is 0 Å². The van der Waals surface area contributed by atoms with Crippen LogP contribution in [0.15, 0.2) is 12.5 Å². The quantitative estimate of drug-likeness (QED) is 0.820. The lowest BCUT2D eigenvalue weighted by molar-refractivity contribution is -0.138. The summed E-state index contributed by atoms with van der Waals surface area (Å²) in [4.78, 5) is 32.8. The third-order valence-corrected chi connectivity index (χ3v) is 4.05. The molecule has 1 unspecified atom stereocenters. The van der Waals surface area contributed by atoms with Gasteiger partial charge in [0.1, 0.15) is 0 Å². The predicted molar refractivity (Wildman–Crippen MR) is 72.8 cm³/mol. The van der Waals surface area contributed by atoms with Gasteiger partial charge in [0.05, 0.1) is 12.2 Å². The Bertz CT molecular complexity index is 481. The van der Waals surface area contributed by atoms with Crippen molar-refractivity contribution in [3.8, 4) is 0 Å². The van der Waals surface area contributed by atoms with Crippen LogP contribution in [-0.4, -0.2) is 45.8 Å². The molecule has 20 heavy (non-hydrogen) atoms. The number of likely N-dealkylation sites (tertiary alicyclic amines) is 1. The molecule has 1 aromatic rings. The average molecular weight is 276 g/mol. The summed E-state index contributed by atoms with van der Waals surface area (Å²) in [6.45, 7) is 1.20. The number of nitrogens with one attached hydrogen (secondary N) is 2. The number of H-pyrrole nitrogens is 1. The van der Waals surface area contributed by atoms with Gasteiger partial charge in [-0.15, -0.1) is 0 Å².